The second-order valence-electron chi connectivity index (χ2n) is 7.14. The standard InChI is InChI=1S/C21H20O11/c1-29-12-4-8(2-3-10(12)24)19-20(32-21-18(28)16(26)14(7-22)31-21)17(27)15-11(25)5-9(23)6-13(15)30-19/h2-6,14,16,18,21-26,28H,7H2,1H3/t14-,16-,18+,21+/m1/s1. The van der Waals surface area contributed by atoms with Gasteiger partial charge in [0.25, 0.3) is 0 Å². The summed E-state index contributed by atoms with van der Waals surface area (Å²) >= 11 is 0. The Balaban J connectivity index is 1.93. The molecule has 1 aliphatic rings. The van der Waals surface area contributed by atoms with Crippen molar-refractivity contribution in [2.24, 2.45) is 0 Å². The first-order valence-electron chi connectivity index (χ1n) is 9.44. The highest BCUT2D eigenvalue weighted by atomic mass is 16.7. The van der Waals surface area contributed by atoms with Gasteiger partial charge in [-0.05, 0) is 18.2 Å². The van der Waals surface area contributed by atoms with Gasteiger partial charge in [-0.2, -0.15) is 0 Å². The van der Waals surface area contributed by atoms with Crippen LogP contribution in [-0.4, -0.2) is 69.0 Å². The summed E-state index contributed by atoms with van der Waals surface area (Å²) in [6.07, 6.45) is -5.76. The number of hydrogen-bond acceptors (Lipinski definition) is 11. The molecule has 1 aliphatic heterocycles. The number of aliphatic hydroxyl groups excluding tert-OH is 3. The number of methoxy groups -OCH3 is 1. The number of phenolic OH excluding ortho intramolecular Hbond substituents is 3. The van der Waals surface area contributed by atoms with Gasteiger partial charge in [-0.25, -0.2) is 0 Å². The van der Waals surface area contributed by atoms with Crippen LogP contribution in [0.2, 0.25) is 0 Å². The summed E-state index contributed by atoms with van der Waals surface area (Å²) in [5.41, 5.74) is -0.810. The van der Waals surface area contributed by atoms with E-state index in [1.165, 1.54) is 25.3 Å². The molecule has 11 nitrogen and oxygen atoms in total. The molecule has 2 heterocycles. The summed E-state index contributed by atoms with van der Waals surface area (Å²) in [5, 5.41) is 59.0. The van der Waals surface area contributed by atoms with Gasteiger partial charge in [-0.1, -0.05) is 0 Å². The number of ether oxygens (including phenoxy) is 3. The van der Waals surface area contributed by atoms with Crippen LogP contribution in [-0.2, 0) is 4.74 Å². The molecular formula is C21H20O11. The van der Waals surface area contributed by atoms with E-state index in [1.807, 2.05) is 0 Å². The molecule has 1 aromatic heterocycles. The van der Waals surface area contributed by atoms with Crippen molar-refractivity contribution in [3.05, 3.63) is 40.6 Å². The molecule has 0 bridgehead atoms. The SMILES string of the molecule is COc1cc(-c2oc3cc(O)cc(O)c3c(=O)c2O[C@@H]2O[C@H](CO)[C@@H](O)[C@@H]2O)ccc1O. The Morgan fingerprint density at radius 1 is 1.03 bits per heavy atom. The van der Waals surface area contributed by atoms with Gasteiger partial charge in [-0.15, -0.1) is 0 Å². The van der Waals surface area contributed by atoms with E-state index in [9.17, 15) is 35.4 Å². The number of fused-ring (bicyclic) bond motifs is 1. The molecule has 6 N–H and O–H groups in total. The molecule has 0 aliphatic carbocycles. The Morgan fingerprint density at radius 2 is 1.78 bits per heavy atom. The Morgan fingerprint density at radius 3 is 2.44 bits per heavy atom. The van der Waals surface area contributed by atoms with E-state index in [0.717, 1.165) is 12.1 Å². The average molecular weight is 448 g/mol. The normalized spacial score (nSPS) is 22.9. The summed E-state index contributed by atoms with van der Waals surface area (Å²) in [4.78, 5) is 13.2. The van der Waals surface area contributed by atoms with Crippen LogP contribution < -0.4 is 14.9 Å². The summed E-state index contributed by atoms with van der Waals surface area (Å²) in [6.45, 7) is -0.605. The molecule has 0 saturated carbocycles. The average Bonchev–Trinajstić information content (AvgIpc) is 3.03. The first-order valence-corrected chi connectivity index (χ1v) is 9.44. The van der Waals surface area contributed by atoms with Crippen molar-refractivity contribution in [3.63, 3.8) is 0 Å². The van der Waals surface area contributed by atoms with Crippen LogP contribution >= 0.6 is 0 Å². The van der Waals surface area contributed by atoms with Crippen LogP contribution in [0.5, 0.6) is 28.7 Å². The number of aliphatic hydroxyl groups is 3. The molecule has 1 saturated heterocycles. The van der Waals surface area contributed by atoms with Gasteiger partial charge < -0.3 is 49.3 Å². The van der Waals surface area contributed by atoms with E-state index in [1.54, 1.807) is 0 Å². The quantitative estimate of drug-likeness (QED) is 0.318. The minimum atomic E-state index is -1.60. The van der Waals surface area contributed by atoms with Crippen LogP contribution in [0.4, 0.5) is 0 Å². The third kappa shape index (κ3) is 3.56. The molecule has 0 unspecified atom stereocenters. The van der Waals surface area contributed by atoms with Gasteiger partial charge in [0.15, 0.2) is 17.3 Å². The van der Waals surface area contributed by atoms with Gasteiger partial charge in [0.05, 0.1) is 13.7 Å². The molecule has 0 spiro atoms. The number of hydrogen-bond donors (Lipinski definition) is 6. The van der Waals surface area contributed by atoms with Crippen LogP contribution in [0.15, 0.2) is 39.5 Å². The van der Waals surface area contributed by atoms with Gasteiger partial charge >= 0.3 is 0 Å². The summed E-state index contributed by atoms with van der Waals surface area (Å²) in [6, 6.07) is 6.10. The lowest BCUT2D eigenvalue weighted by atomic mass is 10.1. The minimum absolute atomic E-state index is 0.0582. The summed E-state index contributed by atoms with van der Waals surface area (Å²) in [7, 11) is 1.32. The number of rotatable bonds is 5. The Bertz CT molecular complexity index is 1220. The van der Waals surface area contributed by atoms with Crippen LogP contribution in [0.3, 0.4) is 0 Å². The van der Waals surface area contributed by atoms with Crippen molar-refractivity contribution in [1.29, 1.82) is 0 Å². The fourth-order valence-electron chi connectivity index (χ4n) is 3.46. The zero-order chi connectivity index (χ0) is 23.2. The van der Waals surface area contributed by atoms with Gasteiger partial charge in [-0.3, -0.25) is 4.79 Å². The third-order valence-corrected chi connectivity index (χ3v) is 5.09. The lowest BCUT2D eigenvalue weighted by Gasteiger charge is -2.19. The molecule has 32 heavy (non-hydrogen) atoms. The number of aromatic hydroxyl groups is 3. The zero-order valence-corrected chi connectivity index (χ0v) is 16.6. The molecular weight excluding hydrogens is 428 g/mol. The number of phenols is 3. The maximum absolute atomic E-state index is 13.2. The predicted octanol–water partition coefficient (Wildman–Crippen LogP) is 0.403. The smallest absolute Gasteiger partial charge is 0.239 e. The van der Waals surface area contributed by atoms with E-state index < -0.39 is 48.1 Å². The molecule has 4 atom stereocenters. The highest BCUT2D eigenvalue weighted by Gasteiger charge is 2.44. The van der Waals surface area contributed by atoms with E-state index >= 15 is 0 Å². The Labute approximate surface area is 179 Å². The van der Waals surface area contributed by atoms with Crippen molar-refractivity contribution in [2.45, 2.75) is 24.6 Å². The van der Waals surface area contributed by atoms with Crippen LogP contribution in [0.1, 0.15) is 0 Å². The van der Waals surface area contributed by atoms with Gasteiger partial charge in [0.2, 0.25) is 17.5 Å². The predicted molar refractivity (Wildman–Crippen MR) is 108 cm³/mol. The van der Waals surface area contributed by atoms with Crippen molar-refractivity contribution >= 4 is 11.0 Å². The lowest BCUT2D eigenvalue weighted by molar-refractivity contribution is -0.117. The van der Waals surface area contributed by atoms with E-state index in [4.69, 9.17) is 18.6 Å². The summed E-state index contributed by atoms with van der Waals surface area (Å²) < 4.78 is 21.7. The molecule has 0 amide bonds. The fourth-order valence-corrected chi connectivity index (χ4v) is 3.46. The van der Waals surface area contributed by atoms with Gasteiger partial charge in [0, 0.05) is 17.7 Å². The van der Waals surface area contributed by atoms with E-state index in [0.29, 0.717) is 0 Å². The molecule has 1 fully saturated rings. The van der Waals surface area contributed by atoms with E-state index in [-0.39, 0.29) is 39.5 Å². The summed E-state index contributed by atoms with van der Waals surface area (Å²) in [5.74, 6) is -1.73. The van der Waals surface area contributed by atoms with Crippen LogP contribution in [0.25, 0.3) is 22.3 Å². The van der Waals surface area contributed by atoms with Crippen molar-refractivity contribution in [1.82, 2.24) is 0 Å². The fraction of sp³-hybridized carbons (Fsp3) is 0.286. The molecule has 4 rings (SSSR count). The molecule has 2 aromatic carbocycles. The first kappa shape index (κ1) is 21.7. The molecule has 11 heteroatoms. The maximum atomic E-state index is 13.2. The van der Waals surface area contributed by atoms with Crippen molar-refractivity contribution in [3.8, 4) is 40.1 Å². The largest absolute Gasteiger partial charge is 0.508 e. The zero-order valence-electron chi connectivity index (χ0n) is 16.6. The minimum Gasteiger partial charge on any atom is -0.508 e. The molecule has 3 aromatic rings. The molecule has 170 valence electrons. The van der Waals surface area contributed by atoms with Crippen LogP contribution in [0, 0.1) is 0 Å². The monoisotopic (exact) mass is 448 g/mol. The number of benzene rings is 2. The second-order valence-corrected chi connectivity index (χ2v) is 7.14. The second kappa shape index (κ2) is 8.20. The Kier molecular flexibility index (Phi) is 5.57. The van der Waals surface area contributed by atoms with E-state index in [2.05, 4.69) is 0 Å². The topological polar surface area (TPSA) is 179 Å². The lowest BCUT2D eigenvalue weighted by Crippen LogP contribution is -2.36. The van der Waals surface area contributed by atoms with Crippen molar-refractivity contribution < 1.29 is 49.3 Å². The highest BCUT2D eigenvalue weighted by molar-refractivity contribution is 5.88. The molecule has 0 radical (unpaired) electrons. The highest BCUT2D eigenvalue weighted by Crippen LogP contribution is 2.39. The third-order valence-electron chi connectivity index (χ3n) is 5.09. The van der Waals surface area contributed by atoms with Gasteiger partial charge in [0.1, 0.15) is 40.8 Å². The Hall–Kier alpha value is -3.51. The first-order chi connectivity index (χ1) is 15.2. The maximum Gasteiger partial charge on any atom is 0.239 e. The van der Waals surface area contributed by atoms with Crippen molar-refractivity contribution in [2.75, 3.05) is 13.7 Å².